The van der Waals surface area contributed by atoms with Crippen LogP contribution >= 0.6 is 11.6 Å². The summed E-state index contributed by atoms with van der Waals surface area (Å²) in [7, 11) is 0. The molecule has 1 aromatic carbocycles. The summed E-state index contributed by atoms with van der Waals surface area (Å²) in [6.07, 6.45) is 0.301. The molecule has 1 aromatic rings. The first-order valence-electron chi connectivity index (χ1n) is 5.23. The van der Waals surface area contributed by atoms with Gasteiger partial charge >= 0.3 is 0 Å². The zero-order chi connectivity index (χ0) is 12.0. The molecule has 0 aromatic heterocycles. The number of rotatable bonds is 5. The maximum atomic E-state index is 11.4. The molecule has 1 rings (SSSR count). The minimum atomic E-state index is -0.150. The Morgan fingerprint density at radius 3 is 2.56 bits per heavy atom. The van der Waals surface area contributed by atoms with Crippen molar-refractivity contribution < 1.29 is 9.63 Å². The first-order chi connectivity index (χ1) is 7.58. The molecule has 0 atom stereocenters. The highest BCUT2D eigenvalue weighted by molar-refractivity contribution is 6.30. The van der Waals surface area contributed by atoms with Gasteiger partial charge in [-0.2, -0.15) is 0 Å². The number of hydrogen-bond acceptors (Lipinski definition) is 2. The van der Waals surface area contributed by atoms with Gasteiger partial charge in [0.15, 0.2) is 0 Å². The summed E-state index contributed by atoms with van der Waals surface area (Å²) in [5.41, 5.74) is 3.32. The molecular weight excluding hydrogens is 226 g/mol. The molecule has 1 N–H and O–H groups in total. The topological polar surface area (TPSA) is 38.3 Å². The Morgan fingerprint density at radius 1 is 1.38 bits per heavy atom. The first-order valence-corrected chi connectivity index (χ1v) is 5.61. The number of nitrogens with one attached hydrogen (secondary N) is 1. The van der Waals surface area contributed by atoms with E-state index < -0.39 is 0 Å². The largest absolute Gasteiger partial charge is 0.273 e. The summed E-state index contributed by atoms with van der Waals surface area (Å²) in [4.78, 5) is 16.4. The van der Waals surface area contributed by atoms with Crippen LogP contribution < -0.4 is 5.48 Å². The zero-order valence-corrected chi connectivity index (χ0v) is 10.3. The summed E-state index contributed by atoms with van der Waals surface area (Å²) < 4.78 is 0. The van der Waals surface area contributed by atoms with E-state index in [9.17, 15) is 4.79 Å². The SMILES string of the molecule is CC(C)CONC(=O)Cc1ccc(Cl)cc1. The highest BCUT2D eigenvalue weighted by Gasteiger charge is 2.03. The molecule has 0 aliphatic heterocycles. The van der Waals surface area contributed by atoms with Gasteiger partial charge in [0.1, 0.15) is 0 Å². The molecule has 4 heteroatoms. The van der Waals surface area contributed by atoms with Crippen molar-refractivity contribution in [2.45, 2.75) is 20.3 Å². The smallest absolute Gasteiger partial charge is 0.247 e. The molecule has 0 spiro atoms. The molecule has 0 fully saturated rings. The first kappa shape index (κ1) is 13.0. The fourth-order valence-corrected chi connectivity index (χ4v) is 1.24. The molecule has 1 amide bonds. The van der Waals surface area contributed by atoms with E-state index in [0.717, 1.165) is 5.56 Å². The van der Waals surface area contributed by atoms with Gasteiger partial charge in [-0.3, -0.25) is 9.63 Å². The fraction of sp³-hybridized carbons (Fsp3) is 0.417. The van der Waals surface area contributed by atoms with Crippen molar-refractivity contribution in [3.63, 3.8) is 0 Å². The highest BCUT2D eigenvalue weighted by atomic mass is 35.5. The number of halogens is 1. The van der Waals surface area contributed by atoms with Crippen molar-refractivity contribution in [1.82, 2.24) is 5.48 Å². The summed E-state index contributed by atoms with van der Waals surface area (Å²) in [5.74, 6) is 0.249. The Morgan fingerprint density at radius 2 is 2.00 bits per heavy atom. The van der Waals surface area contributed by atoms with Crippen molar-refractivity contribution in [2.75, 3.05) is 6.61 Å². The lowest BCUT2D eigenvalue weighted by Gasteiger charge is -2.07. The maximum Gasteiger partial charge on any atom is 0.247 e. The predicted molar refractivity (Wildman–Crippen MR) is 64.1 cm³/mol. The number of hydroxylamine groups is 1. The normalized spacial score (nSPS) is 10.5. The van der Waals surface area contributed by atoms with Crippen LogP contribution in [0.4, 0.5) is 0 Å². The second-order valence-corrected chi connectivity index (χ2v) is 4.47. The third kappa shape index (κ3) is 5.14. The molecule has 3 nitrogen and oxygen atoms in total. The van der Waals surface area contributed by atoms with E-state index in [4.69, 9.17) is 16.4 Å². The van der Waals surface area contributed by atoms with E-state index in [1.54, 1.807) is 12.1 Å². The Bertz CT molecular complexity index is 335. The average molecular weight is 242 g/mol. The van der Waals surface area contributed by atoms with Gasteiger partial charge in [0, 0.05) is 5.02 Å². The van der Waals surface area contributed by atoms with Crippen LogP contribution in [0.25, 0.3) is 0 Å². The molecule has 16 heavy (non-hydrogen) atoms. The lowest BCUT2D eigenvalue weighted by atomic mass is 10.1. The highest BCUT2D eigenvalue weighted by Crippen LogP contribution is 2.09. The second kappa shape index (κ2) is 6.51. The minimum absolute atomic E-state index is 0.150. The molecule has 0 aliphatic rings. The van der Waals surface area contributed by atoms with Crippen molar-refractivity contribution >= 4 is 17.5 Å². The van der Waals surface area contributed by atoms with Crippen LogP contribution in [0.1, 0.15) is 19.4 Å². The van der Waals surface area contributed by atoms with Gasteiger partial charge in [0.2, 0.25) is 5.91 Å². The van der Waals surface area contributed by atoms with Crippen LogP contribution in [0.2, 0.25) is 5.02 Å². The van der Waals surface area contributed by atoms with E-state index in [0.29, 0.717) is 24.0 Å². The lowest BCUT2D eigenvalue weighted by molar-refractivity contribution is -0.133. The third-order valence-electron chi connectivity index (χ3n) is 1.88. The average Bonchev–Trinajstić information content (AvgIpc) is 2.21. The number of amides is 1. The molecule has 0 bridgehead atoms. The summed E-state index contributed by atoms with van der Waals surface area (Å²) in [6.45, 7) is 4.56. The monoisotopic (exact) mass is 241 g/mol. The molecule has 0 saturated heterocycles. The fourth-order valence-electron chi connectivity index (χ4n) is 1.11. The van der Waals surface area contributed by atoms with Crippen LogP contribution in [-0.4, -0.2) is 12.5 Å². The van der Waals surface area contributed by atoms with Crippen molar-refractivity contribution in [3.8, 4) is 0 Å². The lowest BCUT2D eigenvalue weighted by Crippen LogP contribution is -2.27. The summed E-state index contributed by atoms with van der Waals surface area (Å²) in [5, 5.41) is 0.667. The van der Waals surface area contributed by atoms with E-state index in [2.05, 4.69) is 5.48 Å². The number of benzene rings is 1. The van der Waals surface area contributed by atoms with Crippen LogP contribution in [0.5, 0.6) is 0 Å². The number of carbonyl (C=O) groups excluding carboxylic acids is 1. The van der Waals surface area contributed by atoms with Crippen LogP contribution in [0, 0.1) is 5.92 Å². The van der Waals surface area contributed by atoms with Crippen molar-refractivity contribution in [2.24, 2.45) is 5.92 Å². The summed E-state index contributed by atoms with van der Waals surface area (Å²) >= 11 is 5.74. The zero-order valence-electron chi connectivity index (χ0n) is 9.50. The number of hydrogen-bond donors (Lipinski definition) is 1. The van der Waals surface area contributed by atoms with Gasteiger partial charge in [-0.1, -0.05) is 37.6 Å². The quantitative estimate of drug-likeness (QED) is 0.805. The van der Waals surface area contributed by atoms with E-state index in [1.807, 2.05) is 26.0 Å². The standard InChI is InChI=1S/C12H16ClNO2/c1-9(2)8-16-14-12(15)7-10-3-5-11(13)6-4-10/h3-6,9H,7-8H2,1-2H3,(H,14,15). The molecule has 0 aliphatic carbocycles. The van der Waals surface area contributed by atoms with Crippen LogP contribution in [-0.2, 0) is 16.1 Å². The van der Waals surface area contributed by atoms with Gasteiger partial charge in [0.25, 0.3) is 0 Å². The Balaban J connectivity index is 2.31. The van der Waals surface area contributed by atoms with Gasteiger partial charge in [0.05, 0.1) is 13.0 Å². The third-order valence-corrected chi connectivity index (χ3v) is 2.13. The van der Waals surface area contributed by atoms with Crippen LogP contribution in [0.15, 0.2) is 24.3 Å². The van der Waals surface area contributed by atoms with Gasteiger partial charge in [-0.05, 0) is 23.6 Å². The minimum Gasteiger partial charge on any atom is -0.273 e. The van der Waals surface area contributed by atoms with E-state index in [1.165, 1.54) is 0 Å². The Hall–Kier alpha value is -1.06. The molecule has 0 heterocycles. The van der Waals surface area contributed by atoms with Crippen molar-refractivity contribution in [1.29, 1.82) is 0 Å². The van der Waals surface area contributed by atoms with Gasteiger partial charge < -0.3 is 0 Å². The van der Waals surface area contributed by atoms with Gasteiger partial charge in [-0.25, -0.2) is 5.48 Å². The molecule has 88 valence electrons. The molecule has 0 unspecified atom stereocenters. The van der Waals surface area contributed by atoms with E-state index in [-0.39, 0.29) is 5.91 Å². The Kier molecular flexibility index (Phi) is 5.29. The Labute approximate surface area is 101 Å². The predicted octanol–water partition coefficient (Wildman–Crippen LogP) is 2.59. The van der Waals surface area contributed by atoms with Gasteiger partial charge in [-0.15, -0.1) is 0 Å². The summed E-state index contributed by atoms with van der Waals surface area (Å²) in [6, 6.07) is 7.17. The maximum absolute atomic E-state index is 11.4. The molecule has 0 saturated carbocycles. The van der Waals surface area contributed by atoms with Crippen molar-refractivity contribution in [3.05, 3.63) is 34.9 Å². The second-order valence-electron chi connectivity index (χ2n) is 4.03. The van der Waals surface area contributed by atoms with Crippen LogP contribution in [0.3, 0.4) is 0 Å². The molecular formula is C12H16ClNO2. The van der Waals surface area contributed by atoms with E-state index >= 15 is 0 Å². The number of carbonyl (C=O) groups is 1. The molecule has 0 radical (unpaired) electrons.